The lowest BCUT2D eigenvalue weighted by atomic mass is 9.99. The molecule has 0 aliphatic rings. The van der Waals surface area contributed by atoms with Gasteiger partial charge in [-0.3, -0.25) is 9.59 Å². The van der Waals surface area contributed by atoms with E-state index >= 15 is 0 Å². The van der Waals surface area contributed by atoms with Gasteiger partial charge < -0.3 is 15.5 Å². The van der Waals surface area contributed by atoms with Crippen molar-refractivity contribution >= 4 is 11.7 Å². The number of hydrogen-bond donors (Lipinski definition) is 3. The topological polar surface area (TPSA) is 110 Å². The van der Waals surface area contributed by atoms with Gasteiger partial charge in [0.1, 0.15) is 6.10 Å². The number of aliphatic hydroxyl groups is 2. The lowest BCUT2D eigenvalue weighted by Crippen LogP contribution is -2.27. The molecule has 0 aliphatic heterocycles. The van der Waals surface area contributed by atoms with E-state index < -0.39 is 12.2 Å². The second-order valence-corrected chi connectivity index (χ2v) is 4.66. The van der Waals surface area contributed by atoms with Crippen molar-refractivity contribution in [2.45, 2.75) is 32.0 Å². The van der Waals surface area contributed by atoms with E-state index in [2.05, 4.69) is 5.32 Å². The van der Waals surface area contributed by atoms with Gasteiger partial charge in [-0.15, -0.1) is 0 Å². The standard InChI is InChI=1S/C15H18N2O4/c1-10(18)17-9-7-14(20)15(21)12-4-2-11(3-5-12)13(19)6-8-16/h2-5,14-15,20-21H,6-7,9H2,1H3,(H,17,18). The van der Waals surface area contributed by atoms with Gasteiger partial charge in [0, 0.05) is 19.0 Å². The van der Waals surface area contributed by atoms with Crippen LogP contribution in [0.2, 0.25) is 0 Å². The number of carbonyl (C=O) groups excluding carboxylic acids is 2. The van der Waals surface area contributed by atoms with Crippen LogP contribution >= 0.6 is 0 Å². The van der Waals surface area contributed by atoms with Crippen molar-refractivity contribution in [2.24, 2.45) is 0 Å². The first-order valence-corrected chi connectivity index (χ1v) is 6.56. The third kappa shape index (κ3) is 5.34. The number of ketones is 1. The Bertz CT molecular complexity index is 534. The zero-order valence-electron chi connectivity index (χ0n) is 11.7. The van der Waals surface area contributed by atoms with Gasteiger partial charge in [0.25, 0.3) is 0 Å². The van der Waals surface area contributed by atoms with Crippen LogP contribution in [0.15, 0.2) is 24.3 Å². The summed E-state index contributed by atoms with van der Waals surface area (Å²) in [6.07, 6.45) is -2.09. The molecular formula is C15H18N2O4. The Balaban J connectivity index is 2.62. The molecule has 1 rings (SSSR count). The summed E-state index contributed by atoms with van der Waals surface area (Å²) in [6.45, 7) is 1.64. The molecule has 1 aromatic rings. The van der Waals surface area contributed by atoms with Crippen molar-refractivity contribution in [1.29, 1.82) is 5.26 Å². The highest BCUT2D eigenvalue weighted by Gasteiger charge is 2.18. The number of rotatable bonds is 7. The Kier molecular flexibility index (Phi) is 6.53. The molecule has 0 spiro atoms. The molecule has 0 bridgehead atoms. The van der Waals surface area contributed by atoms with Gasteiger partial charge in [0.2, 0.25) is 5.91 Å². The molecule has 0 aliphatic carbocycles. The highest BCUT2D eigenvalue weighted by atomic mass is 16.3. The summed E-state index contributed by atoms with van der Waals surface area (Å²) >= 11 is 0. The third-order valence-corrected chi connectivity index (χ3v) is 2.99. The van der Waals surface area contributed by atoms with Crippen molar-refractivity contribution in [2.75, 3.05) is 6.54 Å². The molecule has 0 radical (unpaired) electrons. The molecule has 6 heteroatoms. The monoisotopic (exact) mass is 290 g/mol. The fraction of sp³-hybridized carbons (Fsp3) is 0.400. The minimum atomic E-state index is -1.10. The number of amides is 1. The van der Waals surface area contributed by atoms with Crippen molar-refractivity contribution in [1.82, 2.24) is 5.32 Å². The van der Waals surface area contributed by atoms with Crippen LogP contribution in [0.1, 0.15) is 41.8 Å². The van der Waals surface area contributed by atoms with E-state index in [4.69, 9.17) is 5.26 Å². The van der Waals surface area contributed by atoms with Gasteiger partial charge in [0.05, 0.1) is 18.6 Å². The molecule has 0 saturated carbocycles. The highest BCUT2D eigenvalue weighted by molar-refractivity contribution is 5.97. The van der Waals surface area contributed by atoms with Crippen LogP contribution in [0.25, 0.3) is 0 Å². The number of nitrogens with zero attached hydrogens (tertiary/aromatic N) is 1. The molecule has 3 N–H and O–H groups in total. The zero-order valence-corrected chi connectivity index (χ0v) is 11.7. The van der Waals surface area contributed by atoms with E-state index in [9.17, 15) is 19.8 Å². The zero-order chi connectivity index (χ0) is 15.8. The van der Waals surface area contributed by atoms with Gasteiger partial charge in [0.15, 0.2) is 5.78 Å². The van der Waals surface area contributed by atoms with Crippen LogP contribution in [0, 0.1) is 11.3 Å². The molecule has 6 nitrogen and oxygen atoms in total. The first kappa shape index (κ1) is 16.8. The van der Waals surface area contributed by atoms with E-state index in [1.165, 1.54) is 31.2 Å². The fourth-order valence-corrected chi connectivity index (χ4v) is 1.82. The van der Waals surface area contributed by atoms with Crippen LogP contribution < -0.4 is 5.32 Å². The molecule has 2 atom stereocenters. The number of benzene rings is 1. The highest BCUT2D eigenvalue weighted by Crippen LogP contribution is 2.19. The van der Waals surface area contributed by atoms with Crippen LogP contribution in [-0.4, -0.2) is 34.6 Å². The maximum Gasteiger partial charge on any atom is 0.216 e. The number of aliphatic hydroxyl groups excluding tert-OH is 2. The summed E-state index contributed by atoms with van der Waals surface area (Å²) < 4.78 is 0. The van der Waals surface area contributed by atoms with E-state index in [0.717, 1.165) is 0 Å². The lowest BCUT2D eigenvalue weighted by Gasteiger charge is -2.18. The molecule has 1 aromatic carbocycles. The largest absolute Gasteiger partial charge is 0.390 e. The predicted octanol–water partition coefficient (Wildman–Crippen LogP) is 0.703. The van der Waals surface area contributed by atoms with Crippen LogP contribution in [0.5, 0.6) is 0 Å². The molecule has 0 heterocycles. The Morgan fingerprint density at radius 2 is 1.90 bits per heavy atom. The van der Waals surface area contributed by atoms with Gasteiger partial charge in [-0.05, 0) is 12.0 Å². The van der Waals surface area contributed by atoms with Crippen molar-refractivity contribution in [3.8, 4) is 6.07 Å². The van der Waals surface area contributed by atoms with E-state index in [0.29, 0.717) is 11.1 Å². The van der Waals surface area contributed by atoms with E-state index in [1.807, 2.05) is 0 Å². The predicted molar refractivity (Wildman–Crippen MR) is 75.3 cm³/mol. The molecular weight excluding hydrogens is 272 g/mol. The van der Waals surface area contributed by atoms with Gasteiger partial charge in [-0.2, -0.15) is 5.26 Å². The normalized spacial score (nSPS) is 13.0. The van der Waals surface area contributed by atoms with Crippen LogP contribution in [-0.2, 0) is 4.79 Å². The quantitative estimate of drug-likeness (QED) is 0.640. The summed E-state index contributed by atoms with van der Waals surface area (Å²) in [5, 5.41) is 30.8. The summed E-state index contributed by atoms with van der Waals surface area (Å²) in [6, 6.07) is 7.88. The maximum atomic E-state index is 11.5. The van der Waals surface area contributed by atoms with Crippen LogP contribution in [0.4, 0.5) is 0 Å². The fourth-order valence-electron chi connectivity index (χ4n) is 1.82. The minimum absolute atomic E-state index is 0.193. The maximum absolute atomic E-state index is 11.5. The number of nitrogens with one attached hydrogen (secondary N) is 1. The Morgan fingerprint density at radius 1 is 1.29 bits per heavy atom. The number of hydrogen-bond acceptors (Lipinski definition) is 5. The minimum Gasteiger partial charge on any atom is -0.390 e. The Hall–Kier alpha value is -2.23. The Labute approximate surface area is 123 Å². The van der Waals surface area contributed by atoms with Crippen molar-refractivity contribution < 1.29 is 19.8 Å². The molecule has 0 fully saturated rings. The molecule has 1 amide bonds. The van der Waals surface area contributed by atoms with Gasteiger partial charge in [-0.1, -0.05) is 24.3 Å². The number of carbonyl (C=O) groups is 2. The summed E-state index contributed by atoms with van der Waals surface area (Å²) in [5.74, 6) is -0.484. The number of Topliss-reactive ketones (excluding diaryl/α,β-unsaturated/α-hetero) is 1. The van der Waals surface area contributed by atoms with Crippen molar-refractivity contribution in [3.05, 3.63) is 35.4 Å². The molecule has 2 unspecified atom stereocenters. The van der Waals surface area contributed by atoms with E-state index in [1.54, 1.807) is 6.07 Å². The van der Waals surface area contributed by atoms with Crippen LogP contribution in [0.3, 0.4) is 0 Å². The molecule has 0 saturated heterocycles. The second-order valence-electron chi connectivity index (χ2n) is 4.66. The average Bonchev–Trinajstić information content (AvgIpc) is 2.46. The average molecular weight is 290 g/mol. The van der Waals surface area contributed by atoms with Gasteiger partial charge in [-0.25, -0.2) is 0 Å². The lowest BCUT2D eigenvalue weighted by molar-refractivity contribution is -0.119. The smallest absolute Gasteiger partial charge is 0.216 e. The second kappa shape index (κ2) is 8.15. The van der Waals surface area contributed by atoms with E-state index in [-0.39, 0.29) is 31.1 Å². The molecule has 0 aromatic heterocycles. The SMILES string of the molecule is CC(=O)NCCC(O)C(O)c1ccc(C(=O)CC#N)cc1. The summed E-state index contributed by atoms with van der Waals surface area (Å²) in [7, 11) is 0. The summed E-state index contributed by atoms with van der Waals surface area (Å²) in [4.78, 5) is 22.2. The summed E-state index contributed by atoms with van der Waals surface area (Å²) in [5.41, 5.74) is 0.860. The first-order valence-electron chi connectivity index (χ1n) is 6.56. The number of nitriles is 1. The third-order valence-electron chi connectivity index (χ3n) is 2.99. The first-order chi connectivity index (χ1) is 9.95. The van der Waals surface area contributed by atoms with Crippen molar-refractivity contribution in [3.63, 3.8) is 0 Å². The van der Waals surface area contributed by atoms with Gasteiger partial charge >= 0.3 is 0 Å². The Morgan fingerprint density at radius 3 is 2.43 bits per heavy atom. The molecule has 21 heavy (non-hydrogen) atoms. The molecule has 112 valence electrons.